The minimum Gasteiger partial charge on any atom is -0.337 e. The Bertz CT molecular complexity index is 2850. The number of nitrogens with zero attached hydrogens (tertiary/aromatic N) is 5. The number of hydrogen-bond acceptors (Lipinski definition) is 4. The fourth-order valence-corrected chi connectivity index (χ4v) is 9.73. The molecule has 0 radical (unpaired) electrons. The highest BCUT2D eigenvalue weighted by molar-refractivity contribution is 6.11. The maximum atomic E-state index is 4.87. The third kappa shape index (κ3) is 6.27. The predicted molar refractivity (Wildman–Crippen MR) is 246 cm³/mol. The molecule has 5 heteroatoms. The molecule has 0 saturated heterocycles. The maximum absolute atomic E-state index is 4.87. The van der Waals surface area contributed by atoms with E-state index in [1.54, 1.807) is 0 Å². The lowest BCUT2D eigenvalue weighted by Crippen LogP contribution is -2.18. The molecule has 0 N–H and O–H groups in total. The first-order valence-corrected chi connectivity index (χ1v) is 20.8. The monoisotopic (exact) mass is 761 g/mol. The van der Waals surface area contributed by atoms with Crippen molar-refractivity contribution < 1.29 is 0 Å². The normalized spacial score (nSPS) is 15.5. The molecule has 1 saturated carbocycles. The maximum Gasteiger partial charge on any atom is 0.0967 e. The standard InChI is InChI=1S/C54H43N5/c1-5-18-40(19-6-1)57(41-20-7-2-8-21-41)45-28-30-51-49(36-45)50-37-46(58(42-22-9-3-10-23-42)43-24-11-4-12-25-43)29-31-52(50)59(51)44-26-13-16-38(34-44)48-35-39-17-14-32-55-53(39)54-47(48)27-15-33-56-54/h1-12,14-15,17-25,27-33,35-38,44H,13,16,26,34H2. The summed E-state index contributed by atoms with van der Waals surface area (Å²) in [4.78, 5) is 14.4. The number of rotatable bonds is 8. The van der Waals surface area contributed by atoms with Crippen LogP contribution in [0.25, 0.3) is 43.6 Å². The highest BCUT2D eigenvalue weighted by Gasteiger charge is 2.29. The second-order valence-electron chi connectivity index (χ2n) is 15.7. The summed E-state index contributed by atoms with van der Waals surface area (Å²) in [6.07, 6.45) is 8.28. The van der Waals surface area contributed by atoms with Crippen molar-refractivity contribution in [3.63, 3.8) is 0 Å². The van der Waals surface area contributed by atoms with Crippen LogP contribution in [0, 0.1) is 0 Å². The molecule has 0 aliphatic heterocycles. The topological polar surface area (TPSA) is 37.2 Å². The van der Waals surface area contributed by atoms with E-state index in [1.165, 1.54) is 32.8 Å². The summed E-state index contributed by atoms with van der Waals surface area (Å²) in [5.41, 5.74) is 12.7. The summed E-state index contributed by atoms with van der Waals surface area (Å²) in [7, 11) is 0. The number of aromatic nitrogens is 3. The van der Waals surface area contributed by atoms with Crippen LogP contribution in [0.2, 0.25) is 0 Å². The lowest BCUT2D eigenvalue weighted by atomic mass is 9.79. The zero-order valence-corrected chi connectivity index (χ0v) is 32.8. The van der Waals surface area contributed by atoms with E-state index in [-0.39, 0.29) is 0 Å². The number of hydrogen-bond donors (Lipinski definition) is 0. The Morgan fingerprint density at radius 1 is 0.424 bits per heavy atom. The largest absolute Gasteiger partial charge is 0.337 e. The quantitative estimate of drug-likeness (QED) is 0.145. The van der Waals surface area contributed by atoms with Gasteiger partial charge in [-0.05, 0) is 134 Å². The van der Waals surface area contributed by atoms with Crippen molar-refractivity contribution in [3.8, 4) is 0 Å². The molecule has 1 fully saturated rings. The molecule has 3 heterocycles. The number of pyridine rings is 2. The van der Waals surface area contributed by atoms with Gasteiger partial charge in [-0.15, -0.1) is 0 Å². The second-order valence-corrected chi connectivity index (χ2v) is 15.7. The van der Waals surface area contributed by atoms with E-state index >= 15 is 0 Å². The molecular formula is C54H43N5. The van der Waals surface area contributed by atoms with Crippen LogP contribution in [0.5, 0.6) is 0 Å². The van der Waals surface area contributed by atoms with Crippen LogP contribution in [-0.4, -0.2) is 14.5 Å². The highest BCUT2D eigenvalue weighted by atomic mass is 15.2. The van der Waals surface area contributed by atoms with E-state index in [4.69, 9.17) is 9.97 Å². The second kappa shape index (κ2) is 14.9. The van der Waals surface area contributed by atoms with Crippen LogP contribution >= 0.6 is 0 Å². The van der Waals surface area contributed by atoms with Crippen LogP contribution in [0.15, 0.2) is 200 Å². The van der Waals surface area contributed by atoms with Gasteiger partial charge in [-0.1, -0.05) is 91.3 Å². The van der Waals surface area contributed by atoms with Crippen molar-refractivity contribution in [2.75, 3.05) is 9.80 Å². The first-order chi connectivity index (χ1) is 29.3. The van der Waals surface area contributed by atoms with Gasteiger partial charge in [0.25, 0.3) is 0 Å². The summed E-state index contributed by atoms with van der Waals surface area (Å²) in [5, 5.41) is 4.90. The molecule has 7 aromatic carbocycles. The number of anilines is 6. The van der Waals surface area contributed by atoms with Crippen molar-refractivity contribution in [1.29, 1.82) is 0 Å². The summed E-state index contributed by atoms with van der Waals surface area (Å²) in [6.45, 7) is 0. The molecule has 10 aromatic rings. The molecule has 11 rings (SSSR count). The highest BCUT2D eigenvalue weighted by Crippen LogP contribution is 2.47. The molecule has 1 aliphatic carbocycles. The first-order valence-electron chi connectivity index (χ1n) is 20.8. The molecule has 2 atom stereocenters. The molecular weight excluding hydrogens is 719 g/mol. The van der Waals surface area contributed by atoms with Crippen LogP contribution in [-0.2, 0) is 0 Å². The van der Waals surface area contributed by atoms with E-state index in [0.29, 0.717) is 12.0 Å². The number of fused-ring (bicyclic) bond motifs is 6. The Morgan fingerprint density at radius 2 is 0.915 bits per heavy atom. The molecule has 3 aromatic heterocycles. The molecule has 59 heavy (non-hydrogen) atoms. The van der Waals surface area contributed by atoms with Gasteiger partial charge >= 0.3 is 0 Å². The third-order valence-electron chi connectivity index (χ3n) is 12.3. The molecule has 1 aliphatic rings. The molecule has 5 nitrogen and oxygen atoms in total. The van der Waals surface area contributed by atoms with Crippen molar-refractivity contribution in [2.45, 2.75) is 37.6 Å². The van der Waals surface area contributed by atoms with E-state index in [9.17, 15) is 0 Å². The van der Waals surface area contributed by atoms with Crippen LogP contribution in [0.4, 0.5) is 34.1 Å². The van der Waals surface area contributed by atoms with Gasteiger partial charge in [-0.3, -0.25) is 9.97 Å². The fraction of sp³-hybridized carbons (Fsp3) is 0.111. The Labute approximate surface area is 344 Å². The predicted octanol–water partition coefficient (Wildman–Crippen LogP) is 14.7. The van der Waals surface area contributed by atoms with Gasteiger partial charge in [0.15, 0.2) is 0 Å². The Hall–Kier alpha value is -7.24. The van der Waals surface area contributed by atoms with E-state index in [2.05, 4.69) is 196 Å². The fourth-order valence-electron chi connectivity index (χ4n) is 9.73. The lowest BCUT2D eigenvalue weighted by molar-refractivity contribution is 0.332. The van der Waals surface area contributed by atoms with Crippen LogP contribution < -0.4 is 9.80 Å². The van der Waals surface area contributed by atoms with Gasteiger partial charge in [0.05, 0.1) is 11.0 Å². The summed E-state index contributed by atoms with van der Waals surface area (Å²) in [6, 6.07) is 68.3. The molecule has 0 amide bonds. The average Bonchev–Trinajstić information content (AvgIpc) is 3.63. The minimum absolute atomic E-state index is 0.320. The van der Waals surface area contributed by atoms with Crippen molar-refractivity contribution in [1.82, 2.24) is 14.5 Å². The van der Waals surface area contributed by atoms with Gasteiger partial charge in [-0.2, -0.15) is 0 Å². The van der Waals surface area contributed by atoms with E-state index in [0.717, 1.165) is 76.2 Å². The average molecular weight is 762 g/mol. The molecule has 0 spiro atoms. The zero-order chi connectivity index (χ0) is 39.1. The number of benzene rings is 7. The number of para-hydroxylation sites is 4. The van der Waals surface area contributed by atoms with Crippen LogP contribution in [0.1, 0.15) is 43.2 Å². The smallest absolute Gasteiger partial charge is 0.0967 e. The Balaban J connectivity index is 1.10. The summed E-state index contributed by atoms with van der Waals surface area (Å²) >= 11 is 0. The zero-order valence-electron chi connectivity index (χ0n) is 32.8. The minimum atomic E-state index is 0.320. The first kappa shape index (κ1) is 35.0. The molecule has 284 valence electrons. The van der Waals surface area contributed by atoms with Crippen molar-refractivity contribution in [3.05, 3.63) is 206 Å². The van der Waals surface area contributed by atoms with Gasteiger partial charge in [0, 0.05) is 85.1 Å². The van der Waals surface area contributed by atoms with E-state index < -0.39 is 0 Å². The summed E-state index contributed by atoms with van der Waals surface area (Å²) in [5.74, 6) is 0.398. The van der Waals surface area contributed by atoms with Gasteiger partial charge in [-0.25, -0.2) is 0 Å². The molecule has 2 unspecified atom stereocenters. The lowest BCUT2D eigenvalue weighted by Gasteiger charge is -2.32. The third-order valence-corrected chi connectivity index (χ3v) is 12.3. The van der Waals surface area contributed by atoms with Gasteiger partial charge in [0.1, 0.15) is 0 Å². The Morgan fingerprint density at radius 3 is 1.44 bits per heavy atom. The van der Waals surface area contributed by atoms with Gasteiger partial charge < -0.3 is 14.4 Å². The Kier molecular flexibility index (Phi) is 8.85. The van der Waals surface area contributed by atoms with E-state index in [1.807, 2.05) is 18.5 Å². The van der Waals surface area contributed by atoms with Crippen LogP contribution in [0.3, 0.4) is 0 Å². The van der Waals surface area contributed by atoms with Crippen molar-refractivity contribution in [2.24, 2.45) is 0 Å². The van der Waals surface area contributed by atoms with Crippen molar-refractivity contribution >= 4 is 77.7 Å². The molecule has 0 bridgehead atoms. The SMILES string of the molecule is c1ccc(N(c2ccccc2)c2ccc3c(c2)c2cc(N(c4ccccc4)c4ccccc4)ccc2n3C2CCCC(c3cc4cccnc4c4ncccc34)C2)cc1. The summed E-state index contributed by atoms with van der Waals surface area (Å²) < 4.78 is 2.68. The van der Waals surface area contributed by atoms with Gasteiger partial charge in [0.2, 0.25) is 0 Å².